The van der Waals surface area contributed by atoms with Gasteiger partial charge in [-0.1, -0.05) is 13.8 Å². The highest BCUT2D eigenvalue weighted by Crippen LogP contribution is 2.60. The van der Waals surface area contributed by atoms with Gasteiger partial charge in [0, 0.05) is 36.2 Å². The number of urea groups is 1. The van der Waals surface area contributed by atoms with E-state index in [2.05, 4.69) is 40.2 Å². The van der Waals surface area contributed by atoms with Crippen molar-refractivity contribution < 1.29 is 4.79 Å². The van der Waals surface area contributed by atoms with E-state index in [1.807, 2.05) is 28.2 Å². The highest BCUT2D eigenvalue weighted by Gasteiger charge is 2.61. The monoisotopic (exact) mass is 393 g/mol. The number of carbonyl (C=O) groups excluding carboxylic acids is 1. The fourth-order valence-corrected chi connectivity index (χ4v) is 5.02. The summed E-state index contributed by atoms with van der Waals surface area (Å²) in [7, 11) is 0. The minimum atomic E-state index is -0.311. The zero-order chi connectivity index (χ0) is 20.2. The van der Waals surface area contributed by atoms with Gasteiger partial charge < -0.3 is 10.6 Å². The maximum Gasteiger partial charge on any atom is 0.315 e. The number of H-pyrrole nitrogens is 1. The normalized spacial score (nSPS) is 24.0. The van der Waals surface area contributed by atoms with Gasteiger partial charge in [-0.25, -0.2) is 4.79 Å². The van der Waals surface area contributed by atoms with Crippen LogP contribution in [0.3, 0.4) is 0 Å². The molecule has 2 aliphatic rings. The molecule has 1 spiro atoms. The van der Waals surface area contributed by atoms with Crippen LogP contribution in [0.5, 0.6) is 0 Å². The summed E-state index contributed by atoms with van der Waals surface area (Å²) < 4.78 is 2.04. The zero-order valence-electron chi connectivity index (χ0n) is 16.9. The first-order valence-electron chi connectivity index (χ1n) is 10.4. The predicted octanol–water partition coefficient (Wildman–Crippen LogP) is 3.27. The molecule has 1 aliphatic heterocycles. The molecule has 4 heterocycles. The zero-order valence-corrected chi connectivity index (χ0v) is 16.9. The van der Waals surface area contributed by atoms with E-state index >= 15 is 0 Å². The number of hydrogen-bond donors (Lipinski definition) is 2. The van der Waals surface area contributed by atoms with Gasteiger partial charge in [-0.2, -0.15) is 10.2 Å². The fraction of sp³-hybridized carbons (Fsp3) is 0.524. The van der Waals surface area contributed by atoms with Gasteiger partial charge in [-0.05, 0) is 37.7 Å². The molecule has 3 N–H and O–H groups in total. The molecule has 8 nitrogen and oxygen atoms in total. The lowest BCUT2D eigenvalue weighted by Gasteiger charge is -2.36. The van der Waals surface area contributed by atoms with Crippen LogP contribution in [-0.4, -0.2) is 48.0 Å². The number of nitrogens with zero attached hydrogens (tertiary/aromatic N) is 5. The molecule has 8 heteroatoms. The first-order valence-corrected chi connectivity index (χ1v) is 10.4. The SMILES string of the molecule is CC(C)Cn1ncc2cnc(-c3[nH]ncc3C3CC34CCCCN4C(N)=O)cc21. The summed E-state index contributed by atoms with van der Waals surface area (Å²) in [6.07, 6.45) is 9.72. The number of carbonyl (C=O) groups is 1. The molecular formula is C21H27N7O. The number of aromatic amines is 1. The maximum atomic E-state index is 12.0. The topological polar surface area (TPSA) is 106 Å². The van der Waals surface area contributed by atoms with Gasteiger partial charge in [0.15, 0.2) is 0 Å². The van der Waals surface area contributed by atoms with Gasteiger partial charge in [0.2, 0.25) is 0 Å². The number of primary amides is 1. The summed E-state index contributed by atoms with van der Waals surface area (Å²) >= 11 is 0. The molecule has 3 aromatic heterocycles. The Morgan fingerprint density at radius 2 is 2.21 bits per heavy atom. The summed E-state index contributed by atoms with van der Waals surface area (Å²) in [6, 6.07) is 1.78. The molecule has 1 saturated carbocycles. The van der Waals surface area contributed by atoms with Crippen LogP contribution >= 0.6 is 0 Å². The molecule has 1 saturated heterocycles. The minimum absolute atomic E-state index is 0.147. The molecule has 3 aromatic rings. The van der Waals surface area contributed by atoms with Crippen molar-refractivity contribution in [3.05, 3.63) is 30.2 Å². The van der Waals surface area contributed by atoms with Crippen LogP contribution in [-0.2, 0) is 6.54 Å². The van der Waals surface area contributed by atoms with Crippen molar-refractivity contribution in [3.8, 4) is 11.4 Å². The van der Waals surface area contributed by atoms with Crippen LogP contribution in [0.4, 0.5) is 4.79 Å². The Kier molecular flexibility index (Phi) is 4.11. The van der Waals surface area contributed by atoms with E-state index in [1.54, 1.807) is 0 Å². The van der Waals surface area contributed by atoms with Crippen molar-refractivity contribution in [1.29, 1.82) is 0 Å². The summed E-state index contributed by atoms with van der Waals surface area (Å²) in [5.41, 5.74) is 9.54. The van der Waals surface area contributed by atoms with Gasteiger partial charge in [0.05, 0.1) is 34.8 Å². The third kappa shape index (κ3) is 2.89. The Bertz CT molecular complexity index is 1070. The molecule has 0 bridgehead atoms. The van der Waals surface area contributed by atoms with Crippen molar-refractivity contribution in [2.45, 2.75) is 57.5 Å². The first-order chi connectivity index (χ1) is 14.0. The van der Waals surface area contributed by atoms with Gasteiger partial charge >= 0.3 is 6.03 Å². The molecule has 29 heavy (non-hydrogen) atoms. The number of nitrogens with one attached hydrogen (secondary N) is 1. The van der Waals surface area contributed by atoms with E-state index < -0.39 is 0 Å². The number of pyridine rings is 1. The summed E-state index contributed by atoms with van der Waals surface area (Å²) in [5, 5.41) is 13.0. The van der Waals surface area contributed by atoms with Crippen molar-refractivity contribution in [2.24, 2.45) is 11.7 Å². The van der Waals surface area contributed by atoms with Crippen molar-refractivity contribution >= 4 is 16.9 Å². The Morgan fingerprint density at radius 1 is 1.34 bits per heavy atom. The minimum Gasteiger partial charge on any atom is -0.351 e. The van der Waals surface area contributed by atoms with Crippen molar-refractivity contribution in [2.75, 3.05) is 6.54 Å². The summed E-state index contributed by atoms with van der Waals surface area (Å²) in [5.74, 6) is 0.761. The third-order valence-electron chi connectivity index (χ3n) is 6.46. The molecule has 0 radical (unpaired) electrons. The second-order valence-corrected chi connectivity index (χ2v) is 8.86. The maximum absolute atomic E-state index is 12.0. The average Bonchev–Trinajstić information content (AvgIpc) is 3.06. The lowest BCUT2D eigenvalue weighted by atomic mass is 9.95. The molecular weight excluding hydrogens is 366 g/mol. The second-order valence-electron chi connectivity index (χ2n) is 8.86. The third-order valence-corrected chi connectivity index (χ3v) is 6.46. The Labute approximate surface area is 169 Å². The highest BCUT2D eigenvalue weighted by atomic mass is 16.2. The van der Waals surface area contributed by atoms with E-state index in [-0.39, 0.29) is 17.5 Å². The lowest BCUT2D eigenvalue weighted by Crippen LogP contribution is -2.49. The number of amides is 2. The first kappa shape index (κ1) is 18.1. The molecule has 1 aliphatic carbocycles. The molecule has 2 atom stereocenters. The largest absolute Gasteiger partial charge is 0.351 e. The Morgan fingerprint density at radius 3 is 3.00 bits per heavy atom. The number of piperidine rings is 1. The van der Waals surface area contributed by atoms with Crippen LogP contribution in [0.25, 0.3) is 22.3 Å². The standard InChI is InChI=1S/C21H27N7O/c1-13(2)12-28-18-7-17(23-9-14(18)10-25-28)19-15(11-24-26-19)16-8-21(16)5-3-4-6-27(21)20(22)29/h7,9-11,13,16H,3-6,8,12H2,1-2H3,(H2,22,29)(H,24,26). The smallest absolute Gasteiger partial charge is 0.315 e. The lowest BCUT2D eigenvalue weighted by molar-refractivity contribution is 0.144. The van der Waals surface area contributed by atoms with E-state index in [0.29, 0.717) is 5.92 Å². The summed E-state index contributed by atoms with van der Waals surface area (Å²) in [6.45, 7) is 5.98. The van der Waals surface area contributed by atoms with Crippen molar-refractivity contribution in [1.82, 2.24) is 29.9 Å². The molecule has 2 unspecified atom stereocenters. The van der Waals surface area contributed by atoms with Gasteiger partial charge in [0.1, 0.15) is 0 Å². The van der Waals surface area contributed by atoms with Gasteiger partial charge in [-0.3, -0.25) is 14.8 Å². The summed E-state index contributed by atoms with van der Waals surface area (Å²) in [4.78, 5) is 18.6. The van der Waals surface area contributed by atoms with E-state index in [9.17, 15) is 4.79 Å². The van der Waals surface area contributed by atoms with E-state index in [0.717, 1.165) is 66.6 Å². The number of nitrogens with two attached hydrogens (primary N) is 1. The van der Waals surface area contributed by atoms with Crippen LogP contribution in [0, 0.1) is 5.92 Å². The number of rotatable bonds is 4. The number of aromatic nitrogens is 5. The fourth-order valence-electron chi connectivity index (χ4n) is 5.02. The van der Waals surface area contributed by atoms with Crippen LogP contribution in [0.1, 0.15) is 51.0 Å². The van der Waals surface area contributed by atoms with Crippen LogP contribution in [0.2, 0.25) is 0 Å². The van der Waals surface area contributed by atoms with Gasteiger partial charge in [-0.15, -0.1) is 0 Å². The second kappa shape index (κ2) is 6.57. The van der Waals surface area contributed by atoms with Gasteiger partial charge in [0.25, 0.3) is 0 Å². The molecule has 5 rings (SSSR count). The number of likely N-dealkylation sites (tertiary alicyclic amines) is 1. The number of fused-ring (bicyclic) bond motifs is 1. The quantitative estimate of drug-likeness (QED) is 0.709. The predicted molar refractivity (Wildman–Crippen MR) is 110 cm³/mol. The molecule has 152 valence electrons. The molecule has 2 fully saturated rings. The number of hydrogen-bond acceptors (Lipinski definition) is 4. The molecule has 2 amide bonds. The van der Waals surface area contributed by atoms with Crippen LogP contribution < -0.4 is 5.73 Å². The van der Waals surface area contributed by atoms with Crippen molar-refractivity contribution in [3.63, 3.8) is 0 Å². The Hall–Kier alpha value is -2.90. The molecule has 0 aromatic carbocycles. The van der Waals surface area contributed by atoms with E-state index in [1.165, 1.54) is 0 Å². The average molecular weight is 393 g/mol. The van der Waals surface area contributed by atoms with E-state index in [4.69, 9.17) is 5.73 Å². The van der Waals surface area contributed by atoms with Crippen LogP contribution in [0.15, 0.2) is 24.7 Å². The highest BCUT2D eigenvalue weighted by molar-refractivity contribution is 5.82. The Balaban J connectivity index is 1.51.